The van der Waals surface area contributed by atoms with Crippen LogP contribution in [0.3, 0.4) is 0 Å². The molecule has 2 aromatic rings. The molecule has 160 valence electrons. The first-order valence-corrected chi connectivity index (χ1v) is 10.3. The lowest BCUT2D eigenvalue weighted by Gasteiger charge is -2.11. The number of halogens is 3. The summed E-state index contributed by atoms with van der Waals surface area (Å²) < 4.78 is 41.0. The number of thiazole rings is 1. The Balaban J connectivity index is 1.83. The SMILES string of the molecule is CCNC(=NCc1ccc(COCC(F)(F)F)cc1)NCCc1sc(C)nc1C. The number of benzene rings is 1. The standard InChI is InChI=1S/C20H27F3N4OS/c1-4-24-19(25-10-9-18-14(2)27-15(3)29-18)26-11-16-5-7-17(8-6-16)12-28-13-20(21,22)23/h5-8H,4,9-13H2,1-3H3,(H2,24,25,26). The van der Waals surface area contributed by atoms with E-state index in [2.05, 4.69) is 25.3 Å². The maximum atomic E-state index is 12.1. The van der Waals surface area contributed by atoms with Crippen LogP contribution in [0.25, 0.3) is 0 Å². The molecule has 0 spiro atoms. The largest absolute Gasteiger partial charge is 0.411 e. The topological polar surface area (TPSA) is 58.5 Å². The molecule has 0 fully saturated rings. The third-order valence-corrected chi connectivity index (χ3v) is 5.10. The third-order valence-electron chi connectivity index (χ3n) is 3.97. The van der Waals surface area contributed by atoms with Crippen LogP contribution in [0.5, 0.6) is 0 Å². The first kappa shape index (κ1) is 23.2. The number of nitrogens with zero attached hydrogens (tertiary/aromatic N) is 2. The minimum absolute atomic E-state index is 0.0658. The molecule has 0 aliphatic rings. The Labute approximate surface area is 173 Å². The molecule has 1 aromatic heterocycles. The number of guanidine groups is 1. The van der Waals surface area contributed by atoms with Gasteiger partial charge in [-0.3, -0.25) is 0 Å². The van der Waals surface area contributed by atoms with Crippen molar-refractivity contribution in [2.24, 2.45) is 4.99 Å². The zero-order chi connectivity index (χ0) is 21.3. The summed E-state index contributed by atoms with van der Waals surface area (Å²) in [6.45, 7) is 6.70. The summed E-state index contributed by atoms with van der Waals surface area (Å²) in [6.07, 6.45) is -3.42. The molecule has 0 amide bonds. The van der Waals surface area contributed by atoms with Crippen molar-refractivity contribution in [3.05, 3.63) is 51.0 Å². The van der Waals surface area contributed by atoms with E-state index in [0.717, 1.165) is 41.7 Å². The number of aryl methyl sites for hydroxylation is 2. The lowest BCUT2D eigenvalue weighted by Crippen LogP contribution is -2.38. The average molecular weight is 429 g/mol. The first-order valence-electron chi connectivity index (χ1n) is 9.44. The van der Waals surface area contributed by atoms with E-state index < -0.39 is 12.8 Å². The highest BCUT2D eigenvalue weighted by atomic mass is 32.1. The van der Waals surface area contributed by atoms with Gasteiger partial charge >= 0.3 is 6.18 Å². The van der Waals surface area contributed by atoms with Crippen LogP contribution in [-0.2, 0) is 24.3 Å². The molecule has 1 heterocycles. The van der Waals surface area contributed by atoms with Crippen molar-refractivity contribution >= 4 is 17.3 Å². The molecule has 0 saturated heterocycles. The van der Waals surface area contributed by atoms with Crippen LogP contribution in [0.1, 0.15) is 33.6 Å². The molecule has 29 heavy (non-hydrogen) atoms. The molecular formula is C20H27F3N4OS. The normalized spacial score (nSPS) is 12.3. The Morgan fingerprint density at radius 2 is 1.83 bits per heavy atom. The van der Waals surface area contributed by atoms with Crippen LogP contribution in [0.2, 0.25) is 0 Å². The van der Waals surface area contributed by atoms with Gasteiger partial charge in [-0.2, -0.15) is 13.2 Å². The molecule has 0 unspecified atom stereocenters. The summed E-state index contributed by atoms with van der Waals surface area (Å²) in [7, 11) is 0. The molecule has 9 heteroatoms. The Bertz CT molecular complexity index is 788. The highest BCUT2D eigenvalue weighted by Gasteiger charge is 2.27. The number of aromatic nitrogens is 1. The quantitative estimate of drug-likeness (QED) is 0.466. The van der Waals surface area contributed by atoms with Gasteiger partial charge < -0.3 is 15.4 Å². The molecule has 0 aliphatic heterocycles. The highest BCUT2D eigenvalue weighted by molar-refractivity contribution is 7.11. The smallest absolute Gasteiger partial charge is 0.367 e. The summed E-state index contributed by atoms with van der Waals surface area (Å²) in [6, 6.07) is 7.22. The molecule has 0 atom stereocenters. The van der Waals surface area contributed by atoms with Crippen molar-refractivity contribution in [1.29, 1.82) is 0 Å². The second kappa shape index (κ2) is 11.2. The summed E-state index contributed by atoms with van der Waals surface area (Å²) in [5.41, 5.74) is 2.74. The van der Waals surface area contributed by atoms with E-state index >= 15 is 0 Å². The minimum atomic E-state index is -4.30. The minimum Gasteiger partial charge on any atom is -0.367 e. The fourth-order valence-electron chi connectivity index (χ4n) is 2.64. The van der Waals surface area contributed by atoms with E-state index in [4.69, 9.17) is 0 Å². The van der Waals surface area contributed by atoms with Crippen LogP contribution in [0.15, 0.2) is 29.3 Å². The Morgan fingerprint density at radius 3 is 2.41 bits per heavy atom. The highest BCUT2D eigenvalue weighted by Crippen LogP contribution is 2.17. The van der Waals surface area contributed by atoms with Crippen molar-refractivity contribution in [1.82, 2.24) is 15.6 Å². The molecular weight excluding hydrogens is 401 g/mol. The van der Waals surface area contributed by atoms with Gasteiger partial charge in [0.2, 0.25) is 0 Å². The molecule has 1 aromatic carbocycles. The van der Waals surface area contributed by atoms with Crippen molar-refractivity contribution in [3.63, 3.8) is 0 Å². The maximum absolute atomic E-state index is 12.1. The van der Waals surface area contributed by atoms with Gasteiger partial charge in [0.1, 0.15) is 6.61 Å². The van der Waals surface area contributed by atoms with Crippen molar-refractivity contribution in [3.8, 4) is 0 Å². The van der Waals surface area contributed by atoms with Gasteiger partial charge in [-0.15, -0.1) is 11.3 Å². The Morgan fingerprint density at radius 1 is 1.14 bits per heavy atom. The Kier molecular flexibility index (Phi) is 8.91. The molecule has 5 nitrogen and oxygen atoms in total. The monoisotopic (exact) mass is 428 g/mol. The van der Waals surface area contributed by atoms with Gasteiger partial charge in [0.05, 0.1) is 23.9 Å². The number of aliphatic imine (C=N–C) groups is 1. The van der Waals surface area contributed by atoms with Gasteiger partial charge in [0, 0.05) is 24.4 Å². The van der Waals surface area contributed by atoms with E-state index in [1.54, 1.807) is 23.5 Å². The zero-order valence-corrected chi connectivity index (χ0v) is 17.7. The van der Waals surface area contributed by atoms with Gasteiger partial charge in [0.15, 0.2) is 5.96 Å². The fourth-order valence-corrected chi connectivity index (χ4v) is 3.57. The van der Waals surface area contributed by atoms with E-state index in [9.17, 15) is 13.2 Å². The molecule has 2 rings (SSSR count). The third kappa shape index (κ3) is 8.82. The van der Waals surface area contributed by atoms with Crippen LogP contribution in [0.4, 0.5) is 13.2 Å². The molecule has 0 aliphatic carbocycles. The van der Waals surface area contributed by atoms with Crippen molar-refractivity contribution in [2.75, 3.05) is 19.7 Å². The number of rotatable bonds is 9. The van der Waals surface area contributed by atoms with Crippen LogP contribution >= 0.6 is 11.3 Å². The summed E-state index contributed by atoms with van der Waals surface area (Å²) in [5.74, 6) is 0.726. The lowest BCUT2D eigenvalue weighted by atomic mass is 10.1. The Hall–Kier alpha value is -2.13. The number of nitrogens with one attached hydrogen (secondary N) is 2. The van der Waals surface area contributed by atoms with E-state index in [0.29, 0.717) is 12.1 Å². The summed E-state index contributed by atoms with van der Waals surface area (Å²) >= 11 is 1.71. The van der Waals surface area contributed by atoms with Crippen LogP contribution in [-0.4, -0.2) is 36.8 Å². The zero-order valence-electron chi connectivity index (χ0n) is 16.9. The van der Waals surface area contributed by atoms with Gasteiger partial charge in [-0.1, -0.05) is 24.3 Å². The van der Waals surface area contributed by atoms with E-state index in [1.165, 1.54) is 4.88 Å². The van der Waals surface area contributed by atoms with Crippen molar-refractivity contribution in [2.45, 2.75) is 46.5 Å². The van der Waals surface area contributed by atoms with Gasteiger partial charge in [0.25, 0.3) is 0 Å². The summed E-state index contributed by atoms with van der Waals surface area (Å²) in [4.78, 5) is 10.3. The van der Waals surface area contributed by atoms with Crippen molar-refractivity contribution < 1.29 is 17.9 Å². The molecule has 2 N–H and O–H groups in total. The van der Waals surface area contributed by atoms with Crippen LogP contribution in [0, 0.1) is 13.8 Å². The predicted octanol–water partition coefficient (Wildman–Crippen LogP) is 4.14. The second-order valence-electron chi connectivity index (χ2n) is 6.54. The number of hydrogen-bond donors (Lipinski definition) is 2. The number of ether oxygens (including phenoxy) is 1. The maximum Gasteiger partial charge on any atom is 0.411 e. The predicted molar refractivity (Wildman–Crippen MR) is 110 cm³/mol. The fraction of sp³-hybridized carbons (Fsp3) is 0.500. The molecule has 0 radical (unpaired) electrons. The molecule has 0 bridgehead atoms. The summed E-state index contributed by atoms with van der Waals surface area (Å²) in [5, 5.41) is 7.61. The van der Waals surface area contributed by atoms with Gasteiger partial charge in [-0.25, -0.2) is 9.98 Å². The first-order chi connectivity index (χ1) is 13.8. The van der Waals surface area contributed by atoms with E-state index in [1.807, 2.05) is 32.9 Å². The average Bonchev–Trinajstić information content (AvgIpc) is 2.97. The van der Waals surface area contributed by atoms with Gasteiger partial charge in [-0.05, 0) is 31.9 Å². The number of hydrogen-bond acceptors (Lipinski definition) is 4. The lowest BCUT2D eigenvalue weighted by molar-refractivity contribution is -0.176. The number of alkyl halides is 3. The second-order valence-corrected chi connectivity index (χ2v) is 7.83. The van der Waals surface area contributed by atoms with E-state index in [-0.39, 0.29) is 6.61 Å². The molecule has 0 saturated carbocycles. The van der Waals surface area contributed by atoms with Crippen LogP contribution < -0.4 is 10.6 Å².